The molecule has 24 heavy (non-hydrogen) atoms. The number of allylic oxidation sites excluding steroid dienone is 1. The predicted octanol–water partition coefficient (Wildman–Crippen LogP) is 3.89. The standard InChI is InChI=1S/C18H16F2O4/c1-22-16-10-18(24-3)17(23-2)8-11(16)4-7-15(21)13-9-12(19)5-6-14(13)20/h4-10H,1-3H3/b7-4+. The number of ether oxygens (including phenoxy) is 3. The monoisotopic (exact) mass is 334 g/mol. The van der Waals surface area contributed by atoms with Crippen LogP contribution in [0, 0.1) is 11.6 Å². The Hall–Kier alpha value is -2.89. The van der Waals surface area contributed by atoms with Gasteiger partial charge in [-0.3, -0.25) is 4.79 Å². The van der Waals surface area contributed by atoms with Gasteiger partial charge in [-0.25, -0.2) is 8.78 Å². The van der Waals surface area contributed by atoms with Crippen molar-refractivity contribution in [3.63, 3.8) is 0 Å². The number of benzene rings is 2. The largest absolute Gasteiger partial charge is 0.496 e. The summed E-state index contributed by atoms with van der Waals surface area (Å²) in [4.78, 5) is 12.1. The Morgan fingerprint density at radius 2 is 1.54 bits per heavy atom. The fourth-order valence-corrected chi connectivity index (χ4v) is 2.12. The third kappa shape index (κ3) is 3.71. The summed E-state index contributed by atoms with van der Waals surface area (Å²) >= 11 is 0. The molecule has 0 N–H and O–H groups in total. The first-order valence-electron chi connectivity index (χ1n) is 6.97. The number of methoxy groups -OCH3 is 3. The number of halogens is 2. The molecule has 0 saturated heterocycles. The molecule has 0 spiro atoms. The normalized spacial score (nSPS) is 10.7. The summed E-state index contributed by atoms with van der Waals surface area (Å²) in [5, 5.41) is 0. The summed E-state index contributed by atoms with van der Waals surface area (Å²) in [6, 6.07) is 5.93. The second kappa shape index (κ2) is 7.59. The molecule has 2 aromatic rings. The van der Waals surface area contributed by atoms with Crippen LogP contribution in [0.25, 0.3) is 6.08 Å². The Morgan fingerprint density at radius 1 is 0.917 bits per heavy atom. The highest BCUT2D eigenvalue weighted by Crippen LogP contribution is 2.35. The lowest BCUT2D eigenvalue weighted by molar-refractivity contribution is 0.104. The van der Waals surface area contributed by atoms with E-state index >= 15 is 0 Å². The first-order valence-corrected chi connectivity index (χ1v) is 6.97. The van der Waals surface area contributed by atoms with Gasteiger partial charge in [-0.15, -0.1) is 0 Å². The van der Waals surface area contributed by atoms with Crippen LogP contribution in [0.2, 0.25) is 0 Å². The van der Waals surface area contributed by atoms with Crippen LogP contribution in [0.3, 0.4) is 0 Å². The van der Waals surface area contributed by atoms with E-state index in [4.69, 9.17) is 14.2 Å². The van der Waals surface area contributed by atoms with Crippen molar-refractivity contribution < 1.29 is 27.8 Å². The lowest BCUT2D eigenvalue weighted by Crippen LogP contribution is -2.00. The zero-order valence-corrected chi connectivity index (χ0v) is 13.4. The zero-order valence-electron chi connectivity index (χ0n) is 13.4. The van der Waals surface area contributed by atoms with Crippen LogP contribution in [0.5, 0.6) is 17.2 Å². The van der Waals surface area contributed by atoms with E-state index in [0.29, 0.717) is 22.8 Å². The molecule has 2 rings (SSSR count). The van der Waals surface area contributed by atoms with Crippen LogP contribution < -0.4 is 14.2 Å². The molecule has 0 saturated carbocycles. The molecule has 0 bridgehead atoms. The Kier molecular flexibility index (Phi) is 5.52. The maximum atomic E-state index is 13.6. The summed E-state index contributed by atoms with van der Waals surface area (Å²) in [7, 11) is 4.43. The van der Waals surface area contributed by atoms with E-state index in [1.54, 1.807) is 12.1 Å². The van der Waals surface area contributed by atoms with E-state index in [1.165, 1.54) is 27.4 Å². The van der Waals surface area contributed by atoms with Crippen LogP contribution in [-0.4, -0.2) is 27.1 Å². The van der Waals surface area contributed by atoms with Crippen molar-refractivity contribution in [3.8, 4) is 17.2 Å². The van der Waals surface area contributed by atoms with Gasteiger partial charge in [0.2, 0.25) is 0 Å². The lowest BCUT2D eigenvalue weighted by Gasteiger charge is -2.12. The van der Waals surface area contributed by atoms with E-state index in [2.05, 4.69) is 0 Å². The first-order chi connectivity index (χ1) is 11.5. The van der Waals surface area contributed by atoms with Crippen LogP contribution in [0.1, 0.15) is 15.9 Å². The topological polar surface area (TPSA) is 44.8 Å². The van der Waals surface area contributed by atoms with Crippen molar-refractivity contribution in [3.05, 3.63) is 59.2 Å². The van der Waals surface area contributed by atoms with Crippen LogP contribution in [0.15, 0.2) is 36.4 Å². The minimum Gasteiger partial charge on any atom is -0.496 e. The molecule has 0 aliphatic carbocycles. The molecule has 0 aliphatic rings. The van der Waals surface area contributed by atoms with E-state index in [9.17, 15) is 13.6 Å². The SMILES string of the molecule is COc1cc(OC)c(OC)cc1/C=C/C(=O)c1cc(F)ccc1F. The lowest BCUT2D eigenvalue weighted by atomic mass is 10.1. The maximum absolute atomic E-state index is 13.6. The third-order valence-corrected chi connectivity index (χ3v) is 3.34. The van der Waals surface area contributed by atoms with Gasteiger partial charge in [-0.1, -0.05) is 0 Å². The Bertz CT molecular complexity index is 785. The summed E-state index contributed by atoms with van der Waals surface area (Å²) < 4.78 is 42.4. The van der Waals surface area contributed by atoms with Gasteiger partial charge >= 0.3 is 0 Å². The molecule has 4 nitrogen and oxygen atoms in total. The van der Waals surface area contributed by atoms with Crippen LogP contribution in [0.4, 0.5) is 8.78 Å². The van der Waals surface area contributed by atoms with Crippen LogP contribution in [-0.2, 0) is 0 Å². The summed E-state index contributed by atoms with van der Waals surface area (Å²) in [5.74, 6) is -0.779. The third-order valence-electron chi connectivity index (χ3n) is 3.34. The molecule has 0 aliphatic heterocycles. The minimum absolute atomic E-state index is 0.342. The molecule has 0 unspecified atom stereocenters. The average molecular weight is 334 g/mol. The molecule has 0 amide bonds. The molecule has 2 aromatic carbocycles. The second-order valence-corrected chi connectivity index (χ2v) is 4.77. The Labute approximate surface area is 138 Å². The molecule has 0 radical (unpaired) electrons. The number of hydrogen-bond donors (Lipinski definition) is 0. The number of rotatable bonds is 6. The highest BCUT2D eigenvalue weighted by atomic mass is 19.1. The van der Waals surface area contributed by atoms with E-state index in [-0.39, 0.29) is 5.56 Å². The van der Waals surface area contributed by atoms with Crippen molar-refractivity contribution >= 4 is 11.9 Å². The molecule has 0 aromatic heterocycles. The van der Waals surface area contributed by atoms with E-state index in [1.807, 2.05) is 0 Å². The Balaban J connectivity index is 2.37. The van der Waals surface area contributed by atoms with Gasteiger partial charge in [0.1, 0.15) is 17.4 Å². The molecule has 0 heterocycles. The molecule has 6 heteroatoms. The first kappa shape index (κ1) is 17.5. The molecular formula is C18H16F2O4. The maximum Gasteiger partial charge on any atom is 0.188 e. The number of ketones is 1. The van der Waals surface area contributed by atoms with E-state index in [0.717, 1.165) is 24.3 Å². The number of carbonyl (C=O) groups excluding carboxylic acids is 1. The number of hydrogen-bond acceptors (Lipinski definition) is 4. The summed E-state index contributed by atoms with van der Waals surface area (Å²) in [6.07, 6.45) is 2.58. The molecule has 126 valence electrons. The van der Waals surface area contributed by atoms with Gasteiger partial charge in [0.25, 0.3) is 0 Å². The quantitative estimate of drug-likeness (QED) is 0.594. The van der Waals surface area contributed by atoms with Gasteiger partial charge in [0, 0.05) is 11.6 Å². The van der Waals surface area contributed by atoms with Gasteiger partial charge in [-0.05, 0) is 36.4 Å². The van der Waals surface area contributed by atoms with Crippen LogP contribution >= 0.6 is 0 Å². The average Bonchev–Trinajstić information content (AvgIpc) is 2.60. The Morgan fingerprint density at radius 3 is 2.17 bits per heavy atom. The minimum atomic E-state index is -0.787. The van der Waals surface area contributed by atoms with Crippen molar-refractivity contribution in [2.45, 2.75) is 0 Å². The van der Waals surface area contributed by atoms with Crippen molar-refractivity contribution in [1.29, 1.82) is 0 Å². The summed E-state index contributed by atoms with van der Waals surface area (Å²) in [5.41, 5.74) is 0.186. The fraction of sp³-hybridized carbons (Fsp3) is 0.167. The number of carbonyl (C=O) groups is 1. The van der Waals surface area contributed by atoms with Gasteiger partial charge < -0.3 is 14.2 Å². The zero-order chi connectivity index (χ0) is 17.7. The smallest absolute Gasteiger partial charge is 0.188 e. The van der Waals surface area contributed by atoms with Gasteiger partial charge in [-0.2, -0.15) is 0 Å². The van der Waals surface area contributed by atoms with Crippen molar-refractivity contribution in [2.24, 2.45) is 0 Å². The van der Waals surface area contributed by atoms with Gasteiger partial charge in [0.15, 0.2) is 17.3 Å². The summed E-state index contributed by atoms with van der Waals surface area (Å²) in [6.45, 7) is 0. The molecular weight excluding hydrogens is 318 g/mol. The highest BCUT2D eigenvalue weighted by molar-refractivity contribution is 6.07. The van der Waals surface area contributed by atoms with Crippen molar-refractivity contribution in [2.75, 3.05) is 21.3 Å². The van der Waals surface area contributed by atoms with E-state index < -0.39 is 17.4 Å². The highest BCUT2D eigenvalue weighted by Gasteiger charge is 2.12. The van der Waals surface area contributed by atoms with Gasteiger partial charge in [0.05, 0.1) is 26.9 Å². The predicted molar refractivity (Wildman–Crippen MR) is 85.8 cm³/mol. The van der Waals surface area contributed by atoms with Crippen molar-refractivity contribution in [1.82, 2.24) is 0 Å². The second-order valence-electron chi connectivity index (χ2n) is 4.77. The molecule has 0 atom stereocenters. The molecule has 0 fully saturated rings. The fourth-order valence-electron chi connectivity index (χ4n) is 2.12.